The van der Waals surface area contributed by atoms with Crippen LogP contribution in [0.25, 0.3) is 0 Å². The van der Waals surface area contributed by atoms with Crippen LogP contribution in [-0.4, -0.2) is 34.6 Å². The highest BCUT2D eigenvalue weighted by Gasteiger charge is 2.37. The molecule has 0 saturated carbocycles. The topological polar surface area (TPSA) is 40.5 Å². The van der Waals surface area contributed by atoms with Gasteiger partial charge in [-0.25, -0.2) is 4.79 Å². The highest BCUT2D eigenvalue weighted by atomic mass is 16.4. The van der Waals surface area contributed by atoms with Crippen LogP contribution in [0, 0.1) is 0 Å². The number of fused-ring (bicyclic) bond motifs is 2. The van der Waals surface area contributed by atoms with E-state index >= 15 is 0 Å². The van der Waals surface area contributed by atoms with E-state index in [1.807, 2.05) is 0 Å². The van der Waals surface area contributed by atoms with Crippen molar-refractivity contribution in [3.63, 3.8) is 0 Å². The third-order valence-corrected chi connectivity index (χ3v) is 3.46. The first kappa shape index (κ1) is 9.71. The van der Waals surface area contributed by atoms with Crippen LogP contribution in [0.4, 0.5) is 0 Å². The zero-order chi connectivity index (χ0) is 10.1. The Balaban J connectivity index is 2.09. The van der Waals surface area contributed by atoms with E-state index in [9.17, 15) is 4.79 Å². The molecule has 2 fully saturated rings. The number of hydrogen-bond donors (Lipinski definition) is 1. The van der Waals surface area contributed by atoms with E-state index in [-0.39, 0.29) is 0 Å². The lowest BCUT2D eigenvalue weighted by molar-refractivity contribution is -0.131. The monoisotopic (exact) mass is 195 g/mol. The Hall–Kier alpha value is -0.830. The normalized spacial score (nSPS) is 31.9. The van der Waals surface area contributed by atoms with Crippen molar-refractivity contribution < 1.29 is 9.90 Å². The summed E-state index contributed by atoms with van der Waals surface area (Å²) in [6, 6.07) is 1.23. The van der Waals surface area contributed by atoms with E-state index in [4.69, 9.17) is 5.11 Å². The average molecular weight is 195 g/mol. The molecule has 14 heavy (non-hydrogen) atoms. The second-order valence-electron chi connectivity index (χ2n) is 4.26. The summed E-state index contributed by atoms with van der Waals surface area (Å²) in [5.74, 6) is -0.788. The Morgan fingerprint density at radius 2 is 2.07 bits per heavy atom. The molecule has 2 heterocycles. The summed E-state index contributed by atoms with van der Waals surface area (Å²) < 4.78 is 0. The maximum absolute atomic E-state index is 10.6. The van der Waals surface area contributed by atoms with Crippen LogP contribution >= 0.6 is 0 Å². The summed E-state index contributed by atoms with van der Waals surface area (Å²) in [4.78, 5) is 13.1. The molecular weight excluding hydrogens is 178 g/mol. The van der Waals surface area contributed by atoms with Gasteiger partial charge in [0.05, 0.1) is 0 Å². The summed E-state index contributed by atoms with van der Waals surface area (Å²) in [5.41, 5.74) is 1.13. The van der Waals surface area contributed by atoms with E-state index in [2.05, 4.69) is 11.8 Å². The molecule has 2 bridgehead atoms. The highest BCUT2D eigenvalue weighted by molar-refractivity contribution is 5.80. The first-order chi connectivity index (χ1) is 6.70. The fraction of sp³-hybridized carbons (Fsp3) is 0.727. The van der Waals surface area contributed by atoms with Crippen molar-refractivity contribution in [2.45, 2.75) is 44.7 Å². The van der Waals surface area contributed by atoms with Gasteiger partial charge in [0, 0.05) is 18.2 Å². The Morgan fingerprint density at radius 1 is 1.50 bits per heavy atom. The molecule has 0 aromatic carbocycles. The lowest BCUT2D eigenvalue weighted by atomic mass is 9.96. The Morgan fingerprint density at radius 3 is 2.50 bits per heavy atom. The Kier molecular flexibility index (Phi) is 2.59. The van der Waals surface area contributed by atoms with E-state index in [1.165, 1.54) is 18.9 Å². The minimum absolute atomic E-state index is 0.615. The van der Waals surface area contributed by atoms with Gasteiger partial charge in [-0.05, 0) is 32.2 Å². The molecule has 2 aliphatic heterocycles. The van der Waals surface area contributed by atoms with Gasteiger partial charge in [0.1, 0.15) is 0 Å². The van der Waals surface area contributed by atoms with Crippen molar-refractivity contribution in [1.82, 2.24) is 4.90 Å². The predicted octanol–water partition coefficient (Wildman–Crippen LogP) is 1.64. The quantitative estimate of drug-likeness (QED) is 0.681. The van der Waals surface area contributed by atoms with Gasteiger partial charge < -0.3 is 5.11 Å². The van der Waals surface area contributed by atoms with Crippen molar-refractivity contribution in [3.8, 4) is 0 Å². The number of carboxylic acids is 1. The van der Waals surface area contributed by atoms with Crippen molar-refractivity contribution in [2.24, 2.45) is 0 Å². The van der Waals surface area contributed by atoms with Crippen LogP contribution in [0.1, 0.15) is 32.6 Å². The lowest BCUT2D eigenvalue weighted by Crippen LogP contribution is -2.40. The molecule has 2 atom stereocenters. The molecule has 3 nitrogen and oxygen atoms in total. The second kappa shape index (κ2) is 3.73. The molecule has 1 N–H and O–H groups in total. The maximum atomic E-state index is 10.6. The van der Waals surface area contributed by atoms with Crippen molar-refractivity contribution in [2.75, 3.05) is 6.54 Å². The molecule has 2 aliphatic rings. The van der Waals surface area contributed by atoms with Gasteiger partial charge in [0.15, 0.2) is 0 Å². The molecule has 0 radical (unpaired) electrons. The van der Waals surface area contributed by atoms with Gasteiger partial charge in [0.25, 0.3) is 0 Å². The van der Waals surface area contributed by atoms with Crippen LogP contribution in [0.5, 0.6) is 0 Å². The minimum atomic E-state index is -0.788. The summed E-state index contributed by atoms with van der Waals surface area (Å²) in [6.07, 6.45) is 5.84. The highest BCUT2D eigenvalue weighted by Crippen LogP contribution is 2.37. The summed E-state index contributed by atoms with van der Waals surface area (Å²) in [6.45, 7) is 3.30. The zero-order valence-electron chi connectivity index (χ0n) is 8.57. The molecule has 0 aromatic heterocycles. The Labute approximate surface area is 84.4 Å². The van der Waals surface area contributed by atoms with E-state index in [0.29, 0.717) is 12.1 Å². The molecule has 78 valence electrons. The largest absolute Gasteiger partial charge is 0.478 e. The number of hydrogen-bond acceptors (Lipinski definition) is 2. The van der Waals surface area contributed by atoms with Gasteiger partial charge >= 0.3 is 5.97 Å². The third-order valence-electron chi connectivity index (χ3n) is 3.46. The van der Waals surface area contributed by atoms with Crippen LogP contribution < -0.4 is 0 Å². The smallest absolute Gasteiger partial charge is 0.328 e. The molecule has 0 aliphatic carbocycles. The SMILES string of the molecule is CCN1C2CCC1CC(=CC(=O)O)C2. The number of aliphatic carboxylic acids is 1. The number of nitrogens with zero attached hydrogens (tertiary/aromatic N) is 1. The van der Waals surface area contributed by atoms with Crippen LogP contribution in [0.15, 0.2) is 11.6 Å². The van der Waals surface area contributed by atoms with Crippen molar-refractivity contribution in [1.29, 1.82) is 0 Å². The van der Waals surface area contributed by atoms with Crippen LogP contribution in [0.3, 0.4) is 0 Å². The minimum Gasteiger partial charge on any atom is -0.478 e. The fourth-order valence-corrected chi connectivity index (χ4v) is 2.95. The summed E-state index contributed by atoms with van der Waals surface area (Å²) in [7, 11) is 0. The maximum Gasteiger partial charge on any atom is 0.328 e. The molecule has 2 unspecified atom stereocenters. The van der Waals surface area contributed by atoms with E-state index in [0.717, 1.165) is 25.0 Å². The van der Waals surface area contributed by atoms with Gasteiger partial charge in [-0.2, -0.15) is 0 Å². The summed E-state index contributed by atoms with van der Waals surface area (Å²) in [5, 5.41) is 8.69. The van der Waals surface area contributed by atoms with Gasteiger partial charge in [0.2, 0.25) is 0 Å². The molecule has 0 spiro atoms. The third kappa shape index (κ3) is 1.69. The van der Waals surface area contributed by atoms with Gasteiger partial charge in [-0.1, -0.05) is 12.5 Å². The number of carbonyl (C=O) groups is 1. The molecular formula is C11H17NO2. The van der Waals surface area contributed by atoms with Gasteiger partial charge in [-0.3, -0.25) is 4.90 Å². The van der Waals surface area contributed by atoms with E-state index < -0.39 is 5.97 Å². The fourth-order valence-electron chi connectivity index (χ4n) is 2.95. The van der Waals surface area contributed by atoms with Crippen LogP contribution in [0.2, 0.25) is 0 Å². The number of piperidine rings is 1. The Bertz CT molecular complexity index is 256. The molecule has 0 amide bonds. The number of rotatable bonds is 2. The molecule has 2 saturated heterocycles. The lowest BCUT2D eigenvalue weighted by Gasteiger charge is -2.35. The molecule has 2 rings (SSSR count). The van der Waals surface area contributed by atoms with E-state index in [1.54, 1.807) is 0 Å². The van der Waals surface area contributed by atoms with Crippen LogP contribution in [-0.2, 0) is 4.79 Å². The zero-order valence-corrected chi connectivity index (χ0v) is 8.57. The standard InChI is InChI=1S/C11H17NO2/c1-2-12-9-3-4-10(12)6-8(5-9)7-11(13)14/h7,9-10H,2-6H2,1H3,(H,13,14). The second-order valence-corrected chi connectivity index (χ2v) is 4.26. The predicted molar refractivity (Wildman–Crippen MR) is 54.1 cm³/mol. The van der Waals surface area contributed by atoms with Gasteiger partial charge in [-0.15, -0.1) is 0 Å². The van der Waals surface area contributed by atoms with Crippen molar-refractivity contribution >= 4 is 5.97 Å². The molecule has 3 heteroatoms. The first-order valence-corrected chi connectivity index (χ1v) is 5.38. The first-order valence-electron chi connectivity index (χ1n) is 5.38. The molecule has 0 aromatic rings. The van der Waals surface area contributed by atoms with Crippen molar-refractivity contribution in [3.05, 3.63) is 11.6 Å². The summed E-state index contributed by atoms with van der Waals surface area (Å²) >= 11 is 0. The average Bonchev–Trinajstić information content (AvgIpc) is 2.36. The number of carboxylic acid groups (broad SMARTS) is 1.